The molecule has 1 atom stereocenters. The lowest BCUT2D eigenvalue weighted by Crippen LogP contribution is -2.22. The number of nitrogens with zero attached hydrogens (tertiary/aromatic N) is 5. The molecule has 7 heteroatoms. The second kappa shape index (κ2) is 5.99. The summed E-state index contributed by atoms with van der Waals surface area (Å²) in [5, 5.41) is 8.38. The molecule has 0 unspecified atom stereocenters. The Morgan fingerprint density at radius 3 is 2.90 bits per heavy atom. The summed E-state index contributed by atoms with van der Waals surface area (Å²) in [6.45, 7) is 10.4. The van der Waals surface area contributed by atoms with Crippen LogP contribution in [0.1, 0.15) is 29.4 Å². The van der Waals surface area contributed by atoms with E-state index in [0.29, 0.717) is 6.73 Å². The fourth-order valence-electron chi connectivity index (χ4n) is 2.43. The number of fused-ring (bicyclic) bond motifs is 1. The van der Waals surface area contributed by atoms with Gasteiger partial charge in [0.25, 0.3) is 0 Å². The molecule has 1 aromatic rings. The lowest BCUT2D eigenvalue weighted by molar-refractivity contribution is 0.0766. The molecule has 110 valence electrons. The SMILES string of the molecule is Cc1c2c(nn1COCC[Si](C)(C)C)[C@H](N=[N+]=[N-])CC2. The normalized spacial score (nSPS) is 17.9. The van der Waals surface area contributed by atoms with Crippen LogP contribution in [0.5, 0.6) is 0 Å². The molecule has 1 aliphatic rings. The van der Waals surface area contributed by atoms with Gasteiger partial charge in [0.05, 0.1) is 11.7 Å². The van der Waals surface area contributed by atoms with Gasteiger partial charge in [-0.25, -0.2) is 4.68 Å². The van der Waals surface area contributed by atoms with Crippen LogP contribution in [0, 0.1) is 6.92 Å². The van der Waals surface area contributed by atoms with Gasteiger partial charge in [-0.3, -0.25) is 0 Å². The third-order valence-electron chi connectivity index (χ3n) is 3.75. The summed E-state index contributed by atoms with van der Waals surface area (Å²) in [5.74, 6) is 0. The second-order valence-electron chi connectivity index (χ2n) is 6.56. The van der Waals surface area contributed by atoms with Gasteiger partial charge in [-0.1, -0.05) is 24.8 Å². The molecule has 1 aromatic heterocycles. The summed E-state index contributed by atoms with van der Waals surface area (Å²) >= 11 is 0. The zero-order valence-corrected chi connectivity index (χ0v) is 13.8. The third kappa shape index (κ3) is 3.42. The molecule has 2 rings (SSSR count). The minimum atomic E-state index is -1.04. The Hall–Kier alpha value is -1.30. The molecule has 0 fully saturated rings. The van der Waals surface area contributed by atoms with Gasteiger partial charge in [0.15, 0.2) is 0 Å². The minimum Gasteiger partial charge on any atom is -0.360 e. The topological polar surface area (TPSA) is 75.8 Å². The van der Waals surface area contributed by atoms with Gasteiger partial charge in [0, 0.05) is 25.3 Å². The van der Waals surface area contributed by atoms with E-state index in [2.05, 4.69) is 41.7 Å². The van der Waals surface area contributed by atoms with Crippen LogP contribution in [-0.4, -0.2) is 24.5 Å². The number of hydrogen-bond acceptors (Lipinski definition) is 3. The van der Waals surface area contributed by atoms with Crippen molar-refractivity contribution in [2.24, 2.45) is 5.11 Å². The van der Waals surface area contributed by atoms with E-state index in [0.717, 1.165) is 36.9 Å². The van der Waals surface area contributed by atoms with E-state index in [1.807, 2.05) is 4.68 Å². The van der Waals surface area contributed by atoms with E-state index in [4.69, 9.17) is 10.3 Å². The summed E-state index contributed by atoms with van der Waals surface area (Å²) < 4.78 is 7.64. The molecule has 0 aromatic carbocycles. The largest absolute Gasteiger partial charge is 0.360 e. The van der Waals surface area contributed by atoms with Gasteiger partial charge in [-0.2, -0.15) is 5.10 Å². The maximum atomic E-state index is 8.58. The zero-order chi connectivity index (χ0) is 14.8. The second-order valence-corrected chi connectivity index (χ2v) is 12.2. The Balaban J connectivity index is 1.97. The van der Waals surface area contributed by atoms with Crippen molar-refractivity contribution in [1.82, 2.24) is 9.78 Å². The van der Waals surface area contributed by atoms with Gasteiger partial charge in [-0.05, 0) is 36.9 Å². The van der Waals surface area contributed by atoms with Crippen LogP contribution >= 0.6 is 0 Å². The highest BCUT2D eigenvalue weighted by atomic mass is 28.3. The predicted octanol–water partition coefficient (Wildman–Crippen LogP) is 3.80. The molecule has 0 aliphatic heterocycles. The molecule has 1 aliphatic carbocycles. The number of azide groups is 1. The van der Waals surface area contributed by atoms with Crippen molar-refractivity contribution in [2.75, 3.05) is 6.61 Å². The van der Waals surface area contributed by atoms with E-state index >= 15 is 0 Å². The quantitative estimate of drug-likeness (QED) is 0.263. The monoisotopic (exact) mass is 293 g/mol. The predicted molar refractivity (Wildman–Crippen MR) is 81.3 cm³/mol. The van der Waals surface area contributed by atoms with Gasteiger partial charge >= 0.3 is 0 Å². The van der Waals surface area contributed by atoms with Gasteiger partial charge < -0.3 is 4.74 Å². The first-order valence-electron chi connectivity index (χ1n) is 7.10. The highest BCUT2D eigenvalue weighted by Gasteiger charge is 2.28. The van der Waals surface area contributed by atoms with E-state index < -0.39 is 8.07 Å². The van der Waals surface area contributed by atoms with E-state index in [-0.39, 0.29) is 6.04 Å². The Morgan fingerprint density at radius 2 is 2.25 bits per heavy atom. The molecule has 0 N–H and O–H groups in total. The highest BCUT2D eigenvalue weighted by Crippen LogP contribution is 2.35. The van der Waals surface area contributed by atoms with Crippen LogP contribution in [0.2, 0.25) is 25.7 Å². The van der Waals surface area contributed by atoms with E-state index in [1.54, 1.807) is 0 Å². The van der Waals surface area contributed by atoms with Crippen LogP contribution in [0.15, 0.2) is 5.11 Å². The van der Waals surface area contributed by atoms with Crippen LogP contribution in [-0.2, 0) is 17.9 Å². The van der Waals surface area contributed by atoms with Crippen molar-refractivity contribution in [2.45, 2.75) is 58.2 Å². The van der Waals surface area contributed by atoms with Crippen molar-refractivity contribution in [1.29, 1.82) is 0 Å². The Bertz CT molecular complexity index is 528. The van der Waals surface area contributed by atoms with Gasteiger partial charge in [0.1, 0.15) is 6.73 Å². The lowest BCUT2D eigenvalue weighted by atomic mass is 10.2. The van der Waals surface area contributed by atoms with Crippen molar-refractivity contribution < 1.29 is 4.74 Å². The molecule has 0 saturated carbocycles. The summed E-state index contributed by atoms with van der Waals surface area (Å²) in [7, 11) is -1.04. The molecule has 0 amide bonds. The molecular formula is C13H23N5OSi. The number of aromatic nitrogens is 2. The fraction of sp³-hybridized carbons (Fsp3) is 0.769. The van der Waals surface area contributed by atoms with Crippen molar-refractivity contribution in [3.8, 4) is 0 Å². The average molecular weight is 293 g/mol. The Labute approximate surface area is 120 Å². The minimum absolute atomic E-state index is 0.100. The third-order valence-corrected chi connectivity index (χ3v) is 5.45. The highest BCUT2D eigenvalue weighted by molar-refractivity contribution is 6.76. The molecule has 0 bridgehead atoms. The van der Waals surface area contributed by atoms with E-state index in [1.165, 1.54) is 5.56 Å². The molecule has 0 saturated heterocycles. The maximum Gasteiger partial charge on any atom is 0.139 e. The van der Waals surface area contributed by atoms with Gasteiger partial charge in [-0.15, -0.1) is 0 Å². The van der Waals surface area contributed by atoms with Crippen LogP contribution in [0.25, 0.3) is 10.4 Å². The smallest absolute Gasteiger partial charge is 0.139 e. The van der Waals surface area contributed by atoms with Crippen molar-refractivity contribution >= 4 is 8.07 Å². The van der Waals surface area contributed by atoms with Crippen LogP contribution in [0.4, 0.5) is 0 Å². The number of ether oxygens (including phenoxy) is 1. The summed E-state index contributed by atoms with van der Waals surface area (Å²) in [5.41, 5.74) is 11.9. The first-order chi connectivity index (χ1) is 9.42. The molecular weight excluding hydrogens is 270 g/mol. The number of hydrogen-bond donors (Lipinski definition) is 0. The number of rotatable bonds is 6. The first kappa shape index (κ1) is 15.1. The Morgan fingerprint density at radius 1 is 1.50 bits per heavy atom. The van der Waals surface area contributed by atoms with Crippen molar-refractivity contribution in [3.05, 3.63) is 27.4 Å². The first-order valence-corrected chi connectivity index (χ1v) is 10.8. The summed E-state index contributed by atoms with van der Waals surface area (Å²) in [6.07, 6.45) is 1.82. The summed E-state index contributed by atoms with van der Waals surface area (Å²) in [6, 6.07) is 1.06. The van der Waals surface area contributed by atoms with Crippen LogP contribution < -0.4 is 0 Å². The van der Waals surface area contributed by atoms with E-state index in [9.17, 15) is 0 Å². The molecule has 1 heterocycles. The standard InChI is InChI=1S/C13H23N5OSi/c1-10-11-5-6-12(15-17-14)13(11)16-18(10)9-19-7-8-20(2,3)4/h12H,5-9H2,1-4H3/t12-/m1/s1. The maximum absolute atomic E-state index is 8.58. The zero-order valence-electron chi connectivity index (χ0n) is 12.8. The lowest BCUT2D eigenvalue weighted by Gasteiger charge is -2.15. The van der Waals surface area contributed by atoms with Gasteiger partial charge in [0.2, 0.25) is 0 Å². The fourth-order valence-corrected chi connectivity index (χ4v) is 3.19. The Kier molecular flexibility index (Phi) is 4.52. The van der Waals surface area contributed by atoms with Crippen molar-refractivity contribution in [3.63, 3.8) is 0 Å². The molecule has 0 radical (unpaired) electrons. The molecule has 20 heavy (non-hydrogen) atoms. The van der Waals surface area contributed by atoms with Crippen LogP contribution in [0.3, 0.4) is 0 Å². The average Bonchev–Trinajstić information content (AvgIpc) is 2.87. The summed E-state index contributed by atoms with van der Waals surface area (Å²) in [4.78, 5) is 2.91. The molecule has 6 nitrogen and oxygen atoms in total. The molecule has 0 spiro atoms.